The molecule has 0 atom stereocenters. The van der Waals surface area contributed by atoms with Gasteiger partial charge < -0.3 is 0 Å². The summed E-state index contributed by atoms with van der Waals surface area (Å²) in [6.45, 7) is 1.65. The Balaban J connectivity index is 2.26. The van der Waals surface area contributed by atoms with Gasteiger partial charge in [-0.15, -0.1) is 0 Å². The first-order valence-electron chi connectivity index (χ1n) is 5.63. The fourth-order valence-electron chi connectivity index (χ4n) is 1.56. The monoisotopic (exact) mass is 310 g/mol. The van der Waals surface area contributed by atoms with E-state index in [1.165, 1.54) is 6.07 Å². The van der Waals surface area contributed by atoms with E-state index in [0.29, 0.717) is 11.8 Å². The van der Waals surface area contributed by atoms with Gasteiger partial charge in [-0.05, 0) is 19.1 Å². The summed E-state index contributed by atoms with van der Waals surface area (Å²) in [7, 11) is 0. The average Bonchev–Trinajstić information content (AvgIpc) is 2.36. The molecule has 1 aromatic carbocycles. The Morgan fingerprint density at radius 3 is 2.67 bits per heavy atom. The molecule has 0 radical (unpaired) electrons. The summed E-state index contributed by atoms with van der Waals surface area (Å²) >= 11 is 5.72. The van der Waals surface area contributed by atoms with Crippen LogP contribution in [0.1, 0.15) is 16.1 Å². The number of anilines is 1. The first-order chi connectivity index (χ1) is 9.86. The molecule has 1 amide bonds. The van der Waals surface area contributed by atoms with Gasteiger partial charge in [0.25, 0.3) is 11.6 Å². The summed E-state index contributed by atoms with van der Waals surface area (Å²) in [6.07, 6.45) is 0. The molecule has 0 unspecified atom stereocenters. The van der Waals surface area contributed by atoms with Crippen LogP contribution in [-0.4, -0.2) is 20.8 Å². The Hall–Kier alpha value is -2.61. The average molecular weight is 311 g/mol. The SMILES string of the molecule is Cc1cc(Cl)nc(NC(=O)c2ccc([N+](=O)[O-])cc2F)n1. The topological polar surface area (TPSA) is 98.0 Å². The van der Waals surface area contributed by atoms with Crippen molar-refractivity contribution < 1.29 is 14.1 Å². The van der Waals surface area contributed by atoms with Crippen molar-refractivity contribution in [1.29, 1.82) is 0 Å². The third-order valence-electron chi connectivity index (χ3n) is 2.46. The Labute approximate surface area is 122 Å². The first-order valence-corrected chi connectivity index (χ1v) is 6.01. The van der Waals surface area contributed by atoms with E-state index in [1.807, 2.05) is 0 Å². The number of hydrogen-bond donors (Lipinski definition) is 1. The number of nitrogens with one attached hydrogen (secondary N) is 1. The van der Waals surface area contributed by atoms with Gasteiger partial charge >= 0.3 is 0 Å². The van der Waals surface area contributed by atoms with Crippen molar-refractivity contribution >= 4 is 29.1 Å². The molecule has 21 heavy (non-hydrogen) atoms. The fourth-order valence-corrected chi connectivity index (χ4v) is 1.79. The highest BCUT2D eigenvalue weighted by atomic mass is 35.5. The zero-order valence-electron chi connectivity index (χ0n) is 10.6. The Morgan fingerprint density at radius 2 is 2.10 bits per heavy atom. The number of rotatable bonds is 3. The molecule has 108 valence electrons. The minimum absolute atomic E-state index is 0.0808. The highest BCUT2D eigenvalue weighted by Crippen LogP contribution is 2.18. The zero-order valence-corrected chi connectivity index (χ0v) is 11.4. The Kier molecular flexibility index (Phi) is 4.08. The van der Waals surface area contributed by atoms with Gasteiger partial charge in [-0.3, -0.25) is 20.2 Å². The van der Waals surface area contributed by atoms with E-state index in [-0.39, 0.29) is 16.7 Å². The summed E-state index contributed by atoms with van der Waals surface area (Å²) in [4.78, 5) is 29.3. The van der Waals surface area contributed by atoms with Crippen LogP contribution < -0.4 is 5.32 Å². The van der Waals surface area contributed by atoms with Crippen LogP contribution in [0.5, 0.6) is 0 Å². The Morgan fingerprint density at radius 1 is 1.38 bits per heavy atom. The van der Waals surface area contributed by atoms with Gasteiger partial charge in [0, 0.05) is 11.8 Å². The first kappa shape index (κ1) is 14.8. The maximum absolute atomic E-state index is 13.7. The smallest absolute Gasteiger partial charge is 0.272 e. The molecule has 0 spiro atoms. The third-order valence-corrected chi connectivity index (χ3v) is 2.65. The number of aromatic nitrogens is 2. The van der Waals surface area contributed by atoms with Crippen LogP contribution in [0.25, 0.3) is 0 Å². The fraction of sp³-hybridized carbons (Fsp3) is 0.0833. The van der Waals surface area contributed by atoms with Crippen LogP contribution in [0, 0.1) is 22.9 Å². The van der Waals surface area contributed by atoms with E-state index in [0.717, 1.165) is 12.1 Å². The van der Waals surface area contributed by atoms with Crippen LogP contribution in [0.15, 0.2) is 24.3 Å². The van der Waals surface area contributed by atoms with E-state index in [1.54, 1.807) is 6.92 Å². The van der Waals surface area contributed by atoms with Crippen molar-refractivity contribution in [1.82, 2.24) is 9.97 Å². The third kappa shape index (κ3) is 3.48. The lowest BCUT2D eigenvalue weighted by molar-refractivity contribution is -0.385. The molecule has 0 aliphatic rings. The molecule has 9 heteroatoms. The van der Waals surface area contributed by atoms with Gasteiger partial charge in [-0.1, -0.05) is 11.6 Å². The lowest BCUT2D eigenvalue weighted by Crippen LogP contribution is -2.16. The second-order valence-electron chi connectivity index (χ2n) is 4.03. The van der Waals surface area contributed by atoms with Crippen molar-refractivity contribution in [2.75, 3.05) is 5.32 Å². The Bertz CT molecular complexity index is 718. The number of hydrogen-bond acceptors (Lipinski definition) is 5. The lowest BCUT2D eigenvalue weighted by Gasteiger charge is -2.05. The molecule has 0 saturated heterocycles. The zero-order chi connectivity index (χ0) is 15.6. The van der Waals surface area contributed by atoms with Crippen LogP contribution >= 0.6 is 11.6 Å². The number of nitro groups is 1. The minimum Gasteiger partial charge on any atom is -0.290 e. The maximum atomic E-state index is 13.7. The number of aryl methyl sites for hydroxylation is 1. The van der Waals surface area contributed by atoms with Crippen LogP contribution in [-0.2, 0) is 0 Å². The molecular weight excluding hydrogens is 303 g/mol. The number of halogens is 2. The summed E-state index contributed by atoms with van der Waals surface area (Å²) < 4.78 is 13.7. The van der Waals surface area contributed by atoms with Gasteiger partial charge in [-0.25, -0.2) is 14.4 Å². The number of benzene rings is 1. The number of nitrogens with zero attached hydrogens (tertiary/aromatic N) is 3. The molecule has 0 saturated carbocycles. The summed E-state index contributed by atoms with van der Waals surface area (Å²) in [6, 6.07) is 4.20. The van der Waals surface area contributed by atoms with Crippen molar-refractivity contribution in [3.8, 4) is 0 Å². The summed E-state index contributed by atoms with van der Waals surface area (Å²) in [5.74, 6) is -1.92. The maximum Gasteiger partial charge on any atom is 0.272 e. The normalized spacial score (nSPS) is 10.2. The molecule has 1 N–H and O–H groups in total. The second kappa shape index (κ2) is 5.80. The van der Waals surface area contributed by atoms with E-state index < -0.39 is 22.3 Å². The largest absolute Gasteiger partial charge is 0.290 e. The van der Waals surface area contributed by atoms with Crippen molar-refractivity contribution in [2.45, 2.75) is 6.92 Å². The number of non-ortho nitro benzene ring substituents is 1. The molecule has 2 rings (SSSR count). The van der Waals surface area contributed by atoms with Gasteiger partial charge in [0.05, 0.1) is 16.6 Å². The van der Waals surface area contributed by atoms with E-state index in [9.17, 15) is 19.3 Å². The quantitative estimate of drug-likeness (QED) is 0.534. The van der Waals surface area contributed by atoms with Gasteiger partial charge in [0.15, 0.2) is 0 Å². The molecule has 0 aliphatic heterocycles. The molecule has 1 heterocycles. The minimum atomic E-state index is -1.01. The molecular formula is C12H8ClFN4O3. The molecule has 2 aromatic rings. The summed E-state index contributed by atoms with van der Waals surface area (Å²) in [5, 5.41) is 12.9. The number of amides is 1. The molecule has 0 aliphatic carbocycles. The summed E-state index contributed by atoms with van der Waals surface area (Å²) in [5.41, 5.74) is -0.282. The number of carbonyl (C=O) groups is 1. The lowest BCUT2D eigenvalue weighted by atomic mass is 10.2. The second-order valence-corrected chi connectivity index (χ2v) is 4.42. The standard InChI is InChI=1S/C12H8ClFN4O3/c1-6-4-10(13)16-12(15-6)17-11(19)8-3-2-7(18(20)21)5-9(8)14/h2-5H,1H3,(H,15,16,17,19). The van der Waals surface area contributed by atoms with Crippen LogP contribution in [0.3, 0.4) is 0 Å². The number of nitro benzene ring substituents is 1. The highest BCUT2D eigenvalue weighted by molar-refractivity contribution is 6.29. The van der Waals surface area contributed by atoms with Crippen molar-refractivity contribution in [3.63, 3.8) is 0 Å². The van der Waals surface area contributed by atoms with Gasteiger partial charge in [-0.2, -0.15) is 0 Å². The molecule has 0 fully saturated rings. The number of carbonyl (C=O) groups excluding carboxylic acids is 1. The van der Waals surface area contributed by atoms with E-state index in [2.05, 4.69) is 15.3 Å². The van der Waals surface area contributed by atoms with Crippen LogP contribution in [0.2, 0.25) is 5.15 Å². The van der Waals surface area contributed by atoms with Crippen molar-refractivity contribution in [3.05, 3.63) is 56.6 Å². The van der Waals surface area contributed by atoms with Crippen LogP contribution in [0.4, 0.5) is 16.0 Å². The molecule has 0 bridgehead atoms. The van der Waals surface area contributed by atoms with Gasteiger partial charge in [0.1, 0.15) is 11.0 Å². The molecule has 1 aromatic heterocycles. The molecule has 7 nitrogen and oxygen atoms in total. The highest BCUT2D eigenvalue weighted by Gasteiger charge is 2.17. The van der Waals surface area contributed by atoms with Crippen molar-refractivity contribution in [2.24, 2.45) is 0 Å². The predicted octanol–water partition coefficient (Wildman–Crippen LogP) is 2.74. The van der Waals surface area contributed by atoms with E-state index in [4.69, 9.17) is 11.6 Å². The van der Waals surface area contributed by atoms with E-state index >= 15 is 0 Å². The van der Waals surface area contributed by atoms with Gasteiger partial charge in [0.2, 0.25) is 5.95 Å². The predicted molar refractivity (Wildman–Crippen MR) is 72.8 cm³/mol.